The molecule has 1 aromatic carbocycles. The van der Waals surface area contributed by atoms with E-state index in [0.29, 0.717) is 11.3 Å². The summed E-state index contributed by atoms with van der Waals surface area (Å²) in [5.74, 6) is 0.593. The number of hydrogen-bond donors (Lipinski definition) is 0. The van der Waals surface area contributed by atoms with Crippen molar-refractivity contribution in [1.29, 1.82) is 0 Å². The highest BCUT2D eigenvalue weighted by Crippen LogP contribution is 2.61. The van der Waals surface area contributed by atoms with Gasteiger partial charge in [-0.25, -0.2) is 0 Å². The van der Waals surface area contributed by atoms with Gasteiger partial charge < -0.3 is 4.74 Å². The molecule has 1 heteroatoms. The Morgan fingerprint density at radius 1 is 1.22 bits per heavy atom. The van der Waals surface area contributed by atoms with E-state index in [4.69, 9.17) is 4.74 Å². The van der Waals surface area contributed by atoms with Crippen LogP contribution in [0.5, 0.6) is 0 Å². The van der Waals surface area contributed by atoms with Gasteiger partial charge in [0.05, 0.1) is 13.2 Å². The minimum absolute atomic E-state index is 0.247. The van der Waals surface area contributed by atoms with Crippen molar-refractivity contribution in [3.63, 3.8) is 0 Å². The van der Waals surface area contributed by atoms with Gasteiger partial charge >= 0.3 is 0 Å². The number of benzene rings is 1. The van der Waals surface area contributed by atoms with Crippen LogP contribution in [-0.4, -0.2) is 13.2 Å². The van der Waals surface area contributed by atoms with Crippen LogP contribution in [0.15, 0.2) is 36.4 Å². The average molecular weight is 240 g/mol. The van der Waals surface area contributed by atoms with Crippen LogP contribution in [0.3, 0.4) is 0 Å². The lowest BCUT2D eigenvalue weighted by atomic mass is 9.48. The van der Waals surface area contributed by atoms with E-state index in [-0.39, 0.29) is 5.41 Å². The molecule has 4 rings (SSSR count). The van der Waals surface area contributed by atoms with Crippen molar-refractivity contribution < 1.29 is 4.74 Å². The van der Waals surface area contributed by atoms with Crippen molar-refractivity contribution in [2.45, 2.75) is 31.6 Å². The minimum Gasteiger partial charge on any atom is -0.380 e. The molecule has 0 radical (unpaired) electrons. The third kappa shape index (κ3) is 1.07. The molecule has 0 N–H and O–H groups in total. The summed E-state index contributed by atoms with van der Waals surface area (Å²) in [4.78, 5) is 0. The highest BCUT2D eigenvalue weighted by Gasteiger charge is 2.61. The summed E-state index contributed by atoms with van der Waals surface area (Å²) in [6.07, 6.45) is 8.52. The van der Waals surface area contributed by atoms with Crippen LogP contribution >= 0.6 is 0 Å². The van der Waals surface area contributed by atoms with Crippen LogP contribution in [0, 0.1) is 11.3 Å². The van der Waals surface area contributed by atoms with Gasteiger partial charge in [-0.3, -0.25) is 0 Å². The maximum Gasteiger partial charge on any atom is 0.0575 e. The first-order chi connectivity index (χ1) is 8.79. The molecule has 1 aliphatic heterocycles. The lowest BCUT2D eigenvalue weighted by molar-refractivity contribution is 0.0997. The number of ether oxygens (including phenoxy) is 1. The molecule has 0 spiro atoms. The van der Waals surface area contributed by atoms with Gasteiger partial charge in [0, 0.05) is 10.8 Å². The lowest BCUT2D eigenvalue weighted by Crippen LogP contribution is -2.53. The predicted molar refractivity (Wildman–Crippen MR) is 72.6 cm³/mol. The van der Waals surface area contributed by atoms with Crippen LogP contribution in [0.2, 0.25) is 0 Å². The first-order valence-electron chi connectivity index (χ1n) is 7.11. The van der Waals surface area contributed by atoms with Crippen LogP contribution in [-0.2, 0) is 16.6 Å². The van der Waals surface area contributed by atoms with Crippen molar-refractivity contribution in [2.24, 2.45) is 11.3 Å². The molecule has 0 saturated carbocycles. The molecular weight excluding hydrogens is 220 g/mol. The molecule has 3 atom stereocenters. The molecule has 3 aliphatic rings. The van der Waals surface area contributed by atoms with E-state index in [1.165, 1.54) is 19.3 Å². The Kier molecular flexibility index (Phi) is 2.09. The number of allylic oxidation sites excluding steroid dienone is 2. The van der Waals surface area contributed by atoms with Gasteiger partial charge in [-0.05, 0) is 36.3 Å². The molecule has 94 valence electrons. The maximum atomic E-state index is 6.01. The molecule has 1 nitrogen and oxygen atoms in total. The van der Waals surface area contributed by atoms with Crippen molar-refractivity contribution in [2.75, 3.05) is 13.2 Å². The number of aryl methyl sites for hydroxylation is 1. The van der Waals surface area contributed by atoms with E-state index in [2.05, 4.69) is 43.3 Å². The molecule has 2 aliphatic carbocycles. The lowest BCUT2D eigenvalue weighted by Gasteiger charge is -2.53. The average Bonchev–Trinajstić information content (AvgIpc) is 2.81. The van der Waals surface area contributed by atoms with Gasteiger partial charge in [-0.15, -0.1) is 0 Å². The fourth-order valence-electron chi connectivity index (χ4n) is 4.76. The molecule has 1 saturated heterocycles. The second kappa shape index (κ2) is 3.48. The normalized spacial score (nSPS) is 41.1. The maximum absolute atomic E-state index is 6.01. The number of fused-ring (bicyclic) bond motifs is 1. The Labute approximate surface area is 109 Å². The third-order valence-corrected chi connectivity index (χ3v) is 5.74. The Morgan fingerprint density at radius 2 is 2.11 bits per heavy atom. The first kappa shape index (κ1) is 10.8. The number of hydrogen-bond acceptors (Lipinski definition) is 1. The minimum atomic E-state index is 0.247. The second-order valence-electron chi connectivity index (χ2n) is 6.32. The highest BCUT2D eigenvalue weighted by molar-refractivity contribution is 5.44. The predicted octanol–water partition coefficient (Wildman–Crippen LogP) is 3.48. The summed E-state index contributed by atoms with van der Waals surface area (Å²) in [6.45, 7) is 4.24. The van der Waals surface area contributed by atoms with Crippen LogP contribution in [0.1, 0.15) is 30.9 Å². The molecule has 1 heterocycles. The van der Waals surface area contributed by atoms with Crippen molar-refractivity contribution in [3.8, 4) is 0 Å². The monoisotopic (exact) mass is 240 g/mol. The zero-order valence-corrected chi connectivity index (χ0v) is 11.0. The zero-order chi connectivity index (χ0) is 12.2. The largest absolute Gasteiger partial charge is 0.380 e. The van der Waals surface area contributed by atoms with E-state index in [0.717, 1.165) is 13.2 Å². The topological polar surface area (TPSA) is 9.23 Å². The zero-order valence-electron chi connectivity index (χ0n) is 11.0. The van der Waals surface area contributed by atoms with Gasteiger partial charge in [0.2, 0.25) is 0 Å². The molecule has 1 aromatic rings. The molecule has 0 unspecified atom stereocenters. The van der Waals surface area contributed by atoms with E-state index < -0.39 is 0 Å². The molecule has 0 amide bonds. The smallest absolute Gasteiger partial charge is 0.0575 e. The van der Waals surface area contributed by atoms with Crippen molar-refractivity contribution >= 4 is 0 Å². The van der Waals surface area contributed by atoms with Crippen LogP contribution in [0.4, 0.5) is 0 Å². The van der Waals surface area contributed by atoms with Crippen LogP contribution < -0.4 is 0 Å². The summed E-state index contributed by atoms with van der Waals surface area (Å²) in [7, 11) is 0. The summed E-state index contributed by atoms with van der Waals surface area (Å²) < 4.78 is 6.01. The van der Waals surface area contributed by atoms with E-state index in [1.54, 1.807) is 11.1 Å². The van der Waals surface area contributed by atoms with Gasteiger partial charge in [0.15, 0.2) is 0 Å². The van der Waals surface area contributed by atoms with E-state index in [1.807, 2.05) is 0 Å². The standard InChI is InChI=1S/C17H20O/c1-13-5-4-9-16-10-8-14-6-2-3-7-15(14)17(13,16)12-18-11-16/h2-7,13H,8-12H2,1H3/t13-,16+,17+/m1/s1. The Bertz CT molecular complexity index is 518. The van der Waals surface area contributed by atoms with E-state index >= 15 is 0 Å². The fourth-order valence-corrected chi connectivity index (χ4v) is 4.76. The SMILES string of the molecule is C[C@@H]1C=CC[C@@]23CCc4ccccc4[C@]12COC3. The van der Waals surface area contributed by atoms with Crippen molar-refractivity contribution in [3.05, 3.63) is 47.5 Å². The third-order valence-electron chi connectivity index (χ3n) is 5.74. The summed E-state index contributed by atoms with van der Waals surface area (Å²) in [5.41, 5.74) is 3.75. The van der Waals surface area contributed by atoms with Gasteiger partial charge in [-0.2, -0.15) is 0 Å². The van der Waals surface area contributed by atoms with E-state index in [9.17, 15) is 0 Å². The summed E-state index contributed by atoms with van der Waals surface area (Å²) in [5, 5.41) is 0. The van der Waals surface area contributed by atoms with Gasteiger partial charge in [0.1, 0.15) is 0 Å². The number of rotatable bonds is 0. The summed E-state index contributed by atoms with van der Waals surface area (Å²) >= 11 is 0. The molecule has 1 fully saturated rings. The second-order valence-corrected chi connectivity index (χ2v) is 6.32. The van der Waals surface area contributed by atoms with Gasteiger partial charge in [0.25, 0.3) is 0 Å². The Morgan fingerprint density at radius 3 is 3.06 bits per heavy atom. The summed E-state index contributed by atoms with van der Waals surface area (Å²) in [6, 6.07) is 9.06. The molecule has 0 bridgehead atoms. The quantitative estimate of drug-likeness (QED) is 0.631. The Hall–Kier alpha value is -1.08. The van der Waals surface area contributed by atoms with Crippen molar-refractivity contribution in [1.82, 2.24) is 0 Å². The fraction of sp³-hybridized carbons (Fsp3) is 0.529. The van der Waals surface area contributed by atoms with Crippen LogP contribution in [0.25, 0.3) is 0 Å². The molecule has 18 heavy (non-hydrogen) atoms. The molecule has 0 aromatic heterocycles. The highest BCUT2D eigenvalue weighted by atomic mass is 16.5. The first-order valence-corrected chi connectivity index (χ1v) is 7.11. The molecular formula is C17H20O. The Balaban J connectivity index is 2.00. The van der Waals surface area contributed by atoms with Gasteiger partial charge in [-0.1, -0.05) is 43.3 Å².